The van der Waals surface area contributed by atoms with Crippen LogP contribution in [-0.4, -0.2) is 0 Å². The maximum Gasteiger partial charge on any atom is -0.0160 e. The minimum Gasteiger partial charge on any atom is -0.0952 e. The number of rotatable bonds is 2. The molecule has 0 fully saturated rings. The number of hydrogen-bond donors (Lipinski definition) is 0. The van der Waals surface area contributed by atoms with Gasteiger partial charge in [0.1, 0.15) is 0 Å². The van der Waals surface area contributed by atoms with Crippen LogP contribution in [0, 0.1) is 0 Å². The summed E-state index contributed by atoms with van der Waals surface area (Å²) >= 11 is 0. The van der Waals surface area contributed by atoms with Crippen molar-refractivity contribution in [2.45, 2.75) is 52.4 Å². The Balaban J connectivity index is 2.64. The van der Waals surface area contributed by atoms with Gasteiger partial charge in [-0.25, -0.2) is 0 Å². The van der Waals surface area contributed by atoms with Crippen LogP contribution in [0.25, 0.3) is 5.57 Å². The van der Waals surface area contributed by atoms with Crippen LogP contribution in [0.4, 0.5) is 0 Å². The molecule has 0 unspecified atom stereocenters. The molecule has 0 saturated heterocycles. The van der Waals surface area contributed by atoms with Crippen molar-refractivity contribution in [1.82, 2.24) is 0 Å². The molecule has 1 aromatic carbocycles. The second kappa shape index (κ2) is 4.08. The van der Waals surface area contributed by atoms with Crippen LogP contribution in [0.1, 0.15) is 68.2 Å². The summed E-state index contributed by atoms with van der Waals surface area (Å²) in [6.07, 6.45) is 2.35. The number of benzene rings is 1. The van der Waals surface area contributed by atoms with E-state index in [1.54, 1.807) is 5.56 Å². The lowest BCUT2D eigenvalue weighted by Crippen LogP contribution is -2.00. The Bertz CT molecular complexity index is 422. The number of hydrogen-bond acceptors (Lipinski definition) is 0. The van der Waals surface area contributed by atoms with Crippen LogP contribution in [0.15, 0.2) is 18.7 Å². The van der Waals surface area contributed by atoms with Gasteiger partial charge in [-0.15, -0.1) is 0 Å². The second-order valence-electron chi connectivity index (χ2n) is 5.51. The van der Waals surface area contributed by atoms with Crippen molar-refractivity contribution in [2.24, 2.45) is 0 Å². The van der Waals surface area contributed by atoms with Gasteiger partial charge >= 0.3 is 0 Å². The molecule has 16 heavy (non-hydrogen) atoms. The lowest BCUT2D eigenvalue weighted by molar-refractivity contribution is 0.827. The zero-order valence-electron chi connectivity index (χ0n) is 10.9. The van der Waals surface area contributed by atoms with Gasteiger partial charge in [-0.2, -0.15) is 0 Å². The zero-order valence-corrected chi connectivity index (χ0v) is 10.9. The van der Waals surface area contributed by atoms with E-state index in [9.17, 15) is 0 Å². The Labute approximate surface area is 99.4 Å². The van der Waals surface area contributed by atoms with Gasteiger partial charge in [-0.05, 0) is 52.5 Å². The molecule has 0 bridgehead atoms. The average molecular weight is 214 g/mol. The average Bonchev–Trinajstić information content (AvgIpc) is 2.59. The van der Waals surface area contributed by atoms with Gasteiger partial charge in [0.2, 0.25) is 0 Å². The molecule has 0 aliphatic heterocycles. The van der Waals surface area contributed by atoms with E-state index in [1.165, 1.54) is 28.7 Å². The van der Waals surface area contributed by atoms with Gasteiger partial charge in [0.05, 0.1) is 0 Å². The lowest BCUT2D eigenvalue weighted by Gasteiger charge is -2.18. The van der Waals surface area contributed by atoms with Gasteiger partial charge in [0.25, 0.3) is 0 Å². The molecule has 1 aliphatic carbocycles. The molecule has 0 heterocycles. The SMILES string of the molecule is C=C1CCc2c(C(C)C)ccc(C(C)C)c21. The highest BCUT2D eigenvalue weighted by atomic mass is 14.3. The van der Waals surface area contributed by atoms with Crippen molar-refractivity contribution in [3.05, 3.63) is 41.0 Å². The molecule has 0 atom stereocenters. The van der Waals surface area contributed by atoms with Gasteiger partial charge in [0, 0.05) is 0 Å². The third-order valence-corrected chi connectivity index (χ3v) is 3.66. The van der Waals surface area contributed by atoms with E-state index in [0.29, 0.717) is 11.8 Å². The highest BCUT2D eigenvalue weighted by molar-refractivity contribution is 5.75. The summed E-state index contributed by atoms with van der Waals surface area (Å²) in [6.45, 7) is 13.4. The minimum atomic E-state index is 0.602. The summed E-state index contributed by atoms with van der Waals surface area (Å²) in [5, 5.41) is 0. The van der Waals surface area contributed by atoms with Crippen molar-refractivity contribution >= 4 is 5.57 Å². The van der Waals surface area contributed by atoms with Crippen molar-refractivity contribution in [2.75, 3.05) is 0 Å². The first kappa shape index (κ1) is 11.4. The summed E-state index contributed by atoms with van der Waals surface area (Å²) in [6, 6.07) is 4.65. The first-order valence-corrected chi connectivity index (χ1v) is 6.36. The number of fused-ring (bicyclic) bond motifs is 1. The Kier molecular flexibility index (Phi) is 2.92. The molecular formula is C16H22. The highest BCUT2D eigenvalue weighted by Crippen LogP contribution is 2.40. The van der Waals surface area contributed by atoms with Crippen LogP contribution in [-0.2, 0) is 6.42 Å². The third kappa shape index (κ3) is 1.71. The molecule has 0 heteroatoms. The molecule has 1 aliphatic rings. The van der Waals surface area contributed by atoms with Gasteiger partial charge in [-0.1, -0.05) is 46.4 Å². The van der Waals surface area contributed by atoms with E-state index < -0.39 is 0 Å². The molecule has 0 N–H and O–H groups in total. The van der Waals surface area contributed by atoms with Gasteiger partial charge < -0.3 is 0 Å². The van der Waals surface area contributed by atoms with Crippen molar-refractivity contribution < 1.29 is 0 Å². The van der Waals surface area contributed by atoms with E-state index in [2.05, 4.69) is 46.4 Å². The molecule has 0 aromatic heterocycles. The summed E-state index contributed by atoms with van der Waals surface area (Å²) in [4.78, 5) is 0. The Hall–Kier alpha value is -1.04. The third-order valence-electron chi connectivity index (χ3n) is 3.66. The summed E-state index contributed by atoms with van der Waals surface area (Å²) < 4.78 is 0. The van der Waals surface area contributed by atoms with Crippen LogP contribution in [0.5, 0.6) is 0 Å². The van der Waals surface area contributed by atoms with E-state index in [-0.39, 0.29) is 0 Å². The molecule has 0 nitrogen and oxygen atoms in total. The van der Waals surface area contributed by atoms with Crippen molar-refractivity contribution in [1.29, 1.82) is 0 Å². The predicted octanol–water partition coefficient (Wildman–Crippen LogP) is 4.89. The van der Waals surface area contributed by atoms with Crippen LogP contribution < -0.4 is 0 Å². The molecule has 0 radical (unpaired) electrons. The molecule has 1 aromatic rings. The fourth-order valence-electron chi connectivity index (χ4n) is 2.79. The minimum absolute atomic E-state index is 0.602. The molecule has 86 valence electrons. The Morgan fingerprint density at radius 1 is 0.938 bits per heavy atom. The van der Waals surface area contributed by atoms with E-state index in [0.717, 1.165) is 6.42 Å². The van der Waals surface area contributed by atoms with Crippen LogP contribution in [0.2, 0.25) is 0 Å². The van der Waals surface area contributed by atoms with Crippen LogP contribution in [0.3, 0.4) is 0 Å². The fraction of sp³-hybridized carbons (Fsp3) is 0.500. The largest absolute Gasteiger partial charge is 0.0952 e. The zero-order chi connectivity index (χ0) is 11.9. The maximum absolute atomic E-state index is 4.24. The Morgan fingerprint density at radius 3 is 2.06 bits per heavy atom. The monoisotopic (exact) mass is 214 g/mol. The Morgan fingerprint density at radius 2 is 1.50 bits per heavy atom. The highest BCUT2D eigenvalue weighted by Gasteiger charge is 2.23. The predicted molar refractivity (Wildman–Crippen MR) is 72.0 cm³/mol. The number of allylic oxidation sites excluding steroid dienone is 1. The lowest BCUT2D eigenvalue weighted by atomic mass is 9.87. The topological polar surface area (TPSA) is 0 Å². The quantitative estimate of drug-likeness (QED) is 0.657. The van der Waals surface area contributed by atoms with Gasteiger partial charge in [-0.3, -0.25) is 0 Å². The molecular weight excluding hydrogens is 192 g/mol. The first-order valence-electron chi connectivity index (χ1n) is 6.36. The maximum atomic E-state index is 4.24. The second-order valence-corrected chi connectivity index (χ2v) is 5.51. The summed E-state index contributed by atoms with van der Waals surface area (Å²) in [5.74, 6) is 1.23. The fourth-order valence-corrected chi connectivity index (χ4v) is 2.79. The van der Waals surface area contributed by atoms with E-state index in [1.807, 2.05) is 0 Å². The van der Waals surface area contributed by atoms with Gasteiger partial charge in [0.15, 0.2) is 0 Å². The van der Waals surface area contributed by atoms with Crippen LogP contribution >= 0.6 is 0 Å². The standard InChI is InChI=1S/C16H22/c1-10(2)13-8-9-14(11(3)4)16-12(5)6-7-15(13)16/h8-11H,5-7H2,1-4H3. The van der Waals surface area contributed by atoms with Crippen molar-refractivity contribution in [3.63, 3.8) is 0 Å². The molecule has 0 amide bonds. The first-order chi connectivity index (χ1) is 7.52. The normalized spacial score (nSPS) is 15.0. The van der Waals surface area contributed by atoms with E-state index in [4.69, 9.17) is 0 Å². The summed E-state index contributed by atoms with van der Waals surface area (Å²) in [7, 11) is 0. The summed E-state index contributed by atoms with van der Waals surface area (Å²) in [5.41, 5.74) is 7.42. The van der Waals surface area contributed by atoms with Crippen molar-refractivity contribution in [3.8, 4) is 0 Å². The molecule has 0 spiro atoms. The van der Waals surface area contributed by atoms with E-state index >= 15 is 0 Å². The smallest absolute Gasteiger partial charge is 0.0160 e. The molecule has 0 saturated carbocycles. The molecule has 2 rings (SSSR count).